The molecule has 0 spiro atoms. The van der Waals surface area contributed by atoms with E-state index < -0.39 is 18.1 Å². The monoisotopic (exact) mass is 723 g/mol. The van der Waals surface area contributed by atoms with Gasteiger partial charge in [-0.05, 0) is 57.8 Å². The smallest absolute Gasteiger partial charge is 0.362 e. The molecule has 0 saturated carbocycles. The molecule has 0 bridgehead atoms. The first kappa shape index (κ1) is 48.8. The summed E-state index contributed by atoms with van der Waals surface area (Å²) in [7, 11) is 5.52. The Morgan fingerprint density at radius 3 is 1.47 bits per heavy atom. The van der Waals surface area contributed by atoms with Gasteiger partial charge in [-0.3, -0.25) is 9.59 Å². The minimum absolute atomic E-state index is 0.0565. The van der Waals surface area contributed by atoms with Crippen LogP contribution in [0.2, 0.25) is 0 Å². The normalized spacial score (nSPS) is 13.2. The van der Waals surface area contributed by atoms with Crippen LogP contribution in [-0.4, -0.2) is 80.6 Å². The first-order valence-corrected chi connectivity index (χ1v) is 20.9. The zero-order valence-electron chi connectivity index (χ0n) is 33.8. The molecule has 0 aliphatic carbocycles. The van der Waals surface area contributed by atoms with Crippen LogP contribution in [-0.2, 0) is 28.6 Å². The number of carboxylic acid groups (broad SMARTS) is 1. The molecule has 0 amide bonds. The highest BCUT2D eigenvalue weighted by atomic mass is 16.6. The second kappa shape index (κ2) is 34.9. The van der Waals surface area contributed by atoms with Gasteiger partial charge in [0.15, 0.2) is 12.1 Å². The average molecular weight is 723 g/mol. The standard InChI is InChI=1S/C43H79NO7/c1-6-8-10-12-14-16-18-19-20-21-22-23-24-26-28-30-32-34-42(46)51-39(37-49-36-35-40(43(47)48)44(3,4)5)38-50-41(45)33-31-29-27-25-17-15-13-11-9-7-2/h13,15,19-20,39-40H,6-12,14,16-18,21-38H2,1-5H3/p+1/b15-13+,20-19+. The number of aliphatic carboxylic acids is 1. The molecular weight excluding hydrogens is 642 g/mol. The van der Waals surface area contributed by atoms with Crippen LogP contribution in [0.1, 0.15) is 181 Å². The lowest BCUT2D eigenvalue weighted by Gasteiger charge is -2.31. The maximum Gasteiger partial charge on any atom is 0.362 e. The lowest BCUT2D eigenvalue weighted by molar-refractivity contribution is -0.887. The second-order valence-corrected chi connectivity index (χ2v) is 15.2. The number of esters is 2. The topological polar surface area (TPSA) is 99.1 Å². The molecule has 8 heteroatoms. The van der Waals surface area contributed by atoms with E-state index >= 15 is 0 Å². The van der Waals surface area contributed by atoms with E-state index in [1.54, 1.807) is 0 Å². The number of rotatable bonds is 37. The zero-order valence-corrected chi connectivity index (χ0v) is 33.8. The Labute approximate surface area is 313 Å². The van der Waals surface area contributed by atoms with Crippen LogP contribution in [0.4, 0.5) is 0 Å². The molecule has 0 radical (unpaired) electrons. The number of unbranched alkanes of at least 4 members (excludes halogenated alkanes) is 19. The molecule has 0 heterocycles. The van der Waals surface area contributed by atoms with Gasteiger partial charge in [0, 0.05) is 19.3 Å². The third-order valence-electron chi connectivity index (χ3n) is 9.32. The summed E-state index contributed by atoms with van der Waals surface area (Å²) in [6.45, 7) is 4.67. The fourth-order valence-corrected chi connectivity index (χ4v) is 6.01. The van der Waals surface area contributed by atoms with Crippen LogP contribution in [0.5, 0.6) is 0 Å². The molecular formula is C43H80NO7+. The molecule has 0 aromatic carbocycles. The number of carboxylic acids is 1. The number of ether oxygens (including phenoxy) is 3. The maximum absolute atomic E-state index is 12.7. The number of carbonyl (C=O) groups excluding carboxylic acids is 2. The Bertz CT molecular complexity index is 895. The van der Waals surface area contributed by atoms with E-state index in [1.807, 2.05) is 21.1 Å². The summed E-state index contributed by atoms with van der Waals surface area (Å²) in [6, 6.07) is -0.613. The molecule has 0 aromatic heterocycles. The number of hydrogen-bond donors (Lipinski definition) is 1. The summed E-state index contributed by atoms with van der Waals surface area (Å²) in [6.07, 6.45) is 36.5. The first-order chi connectivity index (χ1) is 24.6. The summed E-state index contributed by atoms with van der Waals surface area (Å²) in [4.78, 5) is 36.8. The van der Waals surface area contributed by atoms with Crippen molar-refractivity contribution in [1.82, 2.24) is 0 Å². The highest BCUT2D eigenvalue weighted by molar-refractivity contribution is 5.72. The van der Waals surface area contributed by atoms with E-state index in [2.05, 4.69) is 38.2 Å². The van der Waals surface area contributed by atoms with Gasteiger partial charge in [0.1, 0.15) is 6.61 Å². The average Bonchev–Trinajstić information content (AvgIpc) is 3.08. The Balaban J connectivity index is 4.35. The Kier molecular flexibility index (Phi) is 33.4. The van der Waals surface area contributed by atoms with Gasteiger partial charge < -0.3 is 23.8 Å². The predicted octanol–water partition coefficient (Wildman–Crippen LogP) is 10.9. The van der Waals surface area contributed by atoms with Crippen LogP contribution in [0.15, 0.2) is 24.3 Å². The van der Waals surface area contributed by atoms with Crippen LogP contribution in [0.25, 0.3) is 0 Å². The van der Waals surface area contributed by atoms with Crippen molar-refractivity contribution in [3.05, 3.63) is 24.3 Å². The summed E-state index contributed by atoms with van der Waals surface area (Å²) in [5.41, 5.74) is 0. The molecule has 0 aromatic rings. The van der Waals surface area contributed by atoms with E-state index in [0.29, 0.717) is 19.3 Å². The molecule has 0 rings (SSSR count). The lowest BCUT2D eigenvalue weighted by Crippen LogP contribution is -2.50. The fourth-order valence-electron chi connectivity index (χ4n) is 6.01. The van der Waals surface area contributed by atoms with E-state index in [9.17, 15) is 19.5 Å². The molecule has 0 aliphatic rings. The van der Waals surface area contributed by atoms with Gasteiger partial charge in [0.25, 0.3) is 0 Å². The highest BCUT2D eigenvalue weighted by Crippen LogP contribution is 2.14. The third kappa shape index (κ3) is 33.4. The van der Waals surface area contributed by atoms with Gasteiger partial charge in [-0.15, -0.1) is 0 Å². The van der Waals surface area contributed by atoms with Crippen molar-refractivity contribution < 1.29 is 38.2 Å². The predicted molar refractivity (Wildman–Crippen MR) is 211 cm³/mol. The number of quaternary nitrogens is 1. The van der Waals surface area contributed by atoms with Crippen LogP contribution < -0.4 is 0 Å². The zero-order chi connectivity index (χ0) is 37.8. The number of allylic oxidation sites excluding steroid dienone is 4. The van der Waals surface area contributed by atoms with E-state index in [1.165, 1.54) is 89.9 Å². The summed E-state index contributed by atoms with van der Waals surface area (Å²) >= 11 is 0. The van der Waals surface area contributed by atoms with Crippen molar-refractivity contribution in [1.29, 1.82) is 0 Å². The van der Waals surface area contributed by atoms with Crippen molar-refractivity contribution in [3.8, 4) is 0 Å². The molecule has 8 nitrogen and oxygen atoms in total. The molecule has 2 atom stereocenters. The molecule has 298 valence electrons. The maximum atomic E-state index is 12.7. The largest absolute Gasteiger partial charge is 0.477 e. The number of carbonyl (C=O) groups is 3. The second-order valence-electron chi connectivity index (χ2n) is 15.2. The van der Waals surface area contributed by atoms with Gasteiger partial charge >= 0.3 is 17.9 Å². The third-order valence-corrected chi connectivity index (χ3v) is 9.32. The van der Waals surface area contributed by atoms with Crippen molar-refractivity contribution in [2.24, 2.45) is 0 Å². The SMILES string of the molecule is CCCC/C=C/CCCCCCC(=O)OCC(COCCC(C(=O)O)[N+](C)(C)C)OC(=O)CCCCCCCCC/C=C/CCCCCCCC. The Hall–Kier alpha value is -2.19. The van der Waals surface area contributed by atoms with Crippen LogP contribution >= 0.6 is 0 Å². The van der Waals surface area contributed by atoms with Gasteiger partial charge in [-0.2, -0.15) is 0 Å². The van der Waals surface area contributed by atoms with Crippen molar-refractivity contribution in [2.75, 3.05) is 41.0 Å². The summed E-state index contributed by atoms with van der Waals surface area (Å²) in [5.74, 6) is -1.49. The van der Waals surface area contributed by atoms with Crippen LogP contribution in [0, 0.1) is 0 Å². The van der Waals surface area contributed by atoms with E-state index in [0.717, 1.165) is 57.8 Å². The van der Waals surface area contributed by atoms with E-state index in [-0.39, 0.29) is 36.2 Å². The van der Waals surface area contributed by atoms with Crippen LogP contribution in [0.3, 0.4) is 0 Å². The molecule has 1 N–H and O–H groups in total. The Morgan fingerprint density at radius 2 is 1.00 bits per heavy atom. The van der Waals surface area contributed by atoms with E-state index in [4.69, 9.17) is 14.2 Å². The molecule has 0 fully saturated rings. The molecule has 51 heavy (non-hydrogen) atoms. The minimum Gasteiger partial charge on any atom is -0.477 e. The van der Waals surface area contributed by atoms with Gasteiger partial charge in [0.05, 0.1) is 34.4 Å². The minimum atomic E-state index is -0.877. The number of likely N-dealkylation sites (N-methyl/N-ethyl adjacent to an activating group) is 1. The van der Waals surface area contributed by atoms with Crippen molar-refractivity contribution >= 4 is 17.9 Å². The molecule has 2 unspecified atom stereocenters. The number of hydrogen-bond acceptors (Lipinski definition) is 6. The lowest BCUT2D eigenvalue weighted by atomic mass is 10.1. The first-order valence-electron chi connectivity index (χ1n) is 20.9. The number of nitrogens with zero attached hydrogens (tertiary/aromatic N) is 1. The molecule has 0 aliphatic heterocycles. The van der Waals surface area contributed by atoms with Gasteiger partial charge in [-0.25, -0.2) is 4.79 Å². The summed E-state index contributed by atoms with van der Waals surface area (Å²) < 4.78 is 17.2. The molecule has 0 saturated heterocycles. The van der Waals surface area contributed by atoms with Gasteiger partial charge in [0.2, 0.25) is 0 Å². The fraction of sp³-hybridized carbons (Fsp3) is 0.837. The van der Waals surface area contributed by atoms with Gasteiger partial charge in [-0.1, -0.05) is 128 Å². The quantitative estimate of drug-likeness (QED) is 0.0295. The Morgan fingerprint density at radius 1 is 0.569 bits per heavy atom. The highest BCUT2D eigenvalue weighted by Gasteiger charge is 2.31. The summed E-state index contributed by atoms with van der Waals surface area (Å²) in [5, 5.41) is 9.59. The van der Waals surface area contributed by atoms with Crippen molar-refractivity contribution in [3.63, 3.8) is 0 Å². The van der Waals surface area contributed by atoms with Crippen molar-refractivity contribution in [2.45, 2.75) is 193 Å².